The molecule has 0 aliphatic carbocycles. The van der Waals surface area contributed by atoms with Gasteiger partial charge in [0.15, 0.2) is 0 Å². The third-order valence-corrected chi connectivity index (χ3v) is 1.54. The van der Waals surface area contributed by atoms with E-state index < -0.39 is 6.10 Å². The number of hydrogen-bond acceptors (Lipinski definition) is 2. The summed E-state index contributed by atoms with van der Waals surface area (Å²) in [4.78, 5) is 0. The third kappa shape index (κ3) is 6.61. The predicted octanol–water partition coefficient (Wildman–Crippen LogP) is -3.39. The third-order valence-electron chi connectivity index (χ3n) is 1.54. The second-order valence-corrected chi connectivity index (χ2v) is 3.43. The highest BCUT2D eigenvalue weighted by atomic mass is 35.5. The summed E-state index contributed by atoms with van der Waals surface area (Å²) < 4.78 is 0.658. The van der Waals surface area contributed by atoms with Crippen LogP contribution < -0.4 is 12.4 Å². The zero-order valence-electron chi connectivity index (χ0n) is 7.70. The molecule has 0 rings (SSSR count). The molecule has 0 aliphatic heterocycles. The maximum absolute atomic E-state index is 9.12. The minimum atomic E-state index is -0.620. The lowest BCUT2D eigenvalue weighted by atomic mass is 10.3. The fourth-order valence-corrected chi connectivity index (χ4v) is 1.05. The second kappa shape index (κ2) is 6.43. The topological polar surface area (TPSA) is 40.5 Å². The van der Waals surface area contributed by atoms with Crippen LogP contribution in [0.15, 0.2) is 12.7 Å². The summed E-state index contributed by atoms with van der Waals surface area (Å²) in [5.74, 6) is 0. The van der Waals surface area contributed by atoms with Crippen molar-refractivity contribution >= 4 is 0 Å². The van der Waals surface area contributed by atoms with E-state index in [4.69, 9.17) is 10.2 Å². The van der Waals surface area contributed by atoms with Crippen LogP contribution in [0.5, 0.6) is 0 Å². The number of nitrogens with zero attached hydrogens (tertiary/aromatic N) is 1. The predicted molar refractivity (Wildman–Crippen MR) is 45.1 cm³/mol. The minimum Gasteiger partial charge on any atom is -1.00 e. The quantitative estimate of drug-likeness (QED) is 0.355. The summed E-state index contributed by atoms with van der Waals surface area (Å²) in [6.07, 6.45) is 1.19. The molecule has 0 saturated heterocycles. The molecule has 0 fully saturated rings. The molecule has 4 heteroatoms. The normalized spacial score (nSPS) is 13.3. The van der Waals surface area contributed by atoms with Crippen molar-refractivity contribution in [3.8, 4) is 0 Å². The molecule has 0 radical (unpaired) electrons. The maximum Gasteiger partial charge on any atom is 0.126 e. The van der Waals surface area contributed by atoms with Crippen LogP contribution in [0, 0.1) is 0 Å². The van der Waals surface area contributed by atoms with Gasteiger partial charge in [-0.25, -0.2) is 0 Å². The van der Waals surface area contributed by atoms with Crippen molar-refractivity contribution in [1.82, 2.24) is 0 Å². The van der Waals surface area contributed by atoms with E-state index in [-0.39, 0.29) is 19.0 Å². The molecule has 0 heterocycles. The summed E-state index contributed by atoms with van der Waals surface area (Å²) in [6.45, 7) is 4.81. The van der Waals surface area contributed by atoms with Crippen LogP contribution in [0.4, 0.5) is 0 Å². The monoisotopic (exact) mass is 195 g/mol. The van der Waals surface area contributed by atoms with Gasteiger partial charge in [0.1, 0.15) is 12.6 Å². The largest absolute Gasteiger partial charge is 1.00 e. The van der Waals surface area contributed by atoms with E-state index in [0.717, 1.165) is 6.54 Å². The lowest BCUT2D eigenvalue weighted by molar-refractivity contribution is -0.887. The molecule has 3 nitrogen and oxygen atoms in total. The van der Waals surface area contributed by atoms with Crippen LogP contribution in [0.25, 0.3) is 0 Å². The maximum atomic E-state index is 9.12. The van der Waals surface area contributed by atoms with Crippen LogP contribution >= 0.6 is 0 Å². The average Bonchev–Trinajstić information content (AvgIpc) is 1.86. The van der Waals surface area contributed by atoms with Crippen molar-refractivity contribution in [2.24, 2.45) is 0 Å². The highest BCUT2D eigenvalue weighted by Crippen LogP contribution is 1.99. The van der Waals surface area contributed by atoms with Crippen molar-refractivity contribution in [3.05, 3.63) is 12.7 Å². The highest BCUT2D eigenvalue weighted by Gasteiger charge is 2.17. The Morgan fingerprint density at radius 1 is 1.50 bits per heavy atom. The Bertz CT molecular complexity index is 128. The molecule has 1 atom stereocenters. The van der Waals surface area contributed by atoms with Crippen molar-refractivity contribution in [2.45, 2.75) is 6.10 Å². The highest BCUT2D eigenvalue weighted by molar-refractivity contribution is 4.65. The fourth-order valence-electron chi connectivity index (χ4n) is 1.05. The second-order valence-electron chi connectivity index (χ2n) is 3.43. The van der Waals surface area contributed by atoms with E-state index in [1.54, 1.807) is 0 Å². The van der Waals surface area contributed by atoms with Crippen LogP contribution in [-0.2, 0) is 0 Å². The first-order valence-corrected chi connectivity index (χ1v) is 3.73. The minimum absolute atomic E-state index is 0. The van der Waals surface area contributed by atoms with Gasteiger partial charge in [0.05, 0.1) is 27.2 Å². The van der Waals surface area contributed by atoms with Gasteiger partial charge in [0.2, 0.25) is 0 Å². The van der Waals surface area contributed by atoms with Gasteiger partial charge in [-0.2, -0.15) is 0 Å². The first kappa shape index (κ1) is 14.4. The van der Waals surface area contributed by atoms with E-state index in [9.17, 15) is 0 Å². The molecule has 1 unspecified atom stereocenters. The van der Waals surface area contributed by atoms with E-state index >= 15 is 0 Å². The Kier molecular flexibility index (Phi) is 7.73. The fraction of sp³-hybridized carbons (Fsp3) is 0.750. The van der Waals surface area contributed by atoms with Crippen molar-refractivity contribution in [1.29, 1.82) is 0 Å². The number of aliphatic hydroxyl groups excluding tert-OH is 2. The zero-order chi connectivity index (χ0) is 8.91. The summed E-state index contributed by atoms with van der Waals surface area (Å²) in [6, 6.07) is 0. The molecule has 0 saturated carbocycles. The van der Waals surface area contributed by atoms with Gasteiger partial charge in [0, 0.05) is 0 Å². The van der Waals surface area contributed by atoms with Crippen LogP contribution in [0.2, 0.25) is 0 Å². The number of hydrogen-bond donors (Lipinski definition) is 2. The Hall–Kier alpha value is -0.0900. The number of likely N-dealkylation sites (N-methyl/N-ethyl adjacent to an activating group) is 1. The van der Waals surface area contributed by atoms with Gasteiger partial charge >= 0.3 is 0 Å². The molecular formula is C8H18ClNO2. The molecule has 12 heavy (non-hydrogen) atoms. The lowest BCUT2D eigenvalue weighted by Gasteiger charge is -2.29. The van der Waals surface area contributed by atoms with Gasteiger partial charge in [-0.05, 0) is 6.08 Å². The smallest absolute Gasteiger partial charge is 0.126 e. The van der Waals surface area contributed by atoms with E-state index in [1.807, 2.05) is 20.2 Å². The lowest BCUT2D eigenvalue weighted by Crippen LogP contribution is -3.00. The Labute approximate surface area is 80.3 Å². The molecule has 0 amide bonds. The average molecular weight is 196 g/mol. The molecule has 0 aromatic carbocycles. The van der Waals surface area contributed by atoms with Crippen LogP contribution in [0.1, 0.15) is 0 Å². The Morgan fingerprint density at radius 2 is 2.00 bits per heavy atom. The Morgan fingerprint density at radius 3 is 2.33 bits per heavy atom. The molecule has 74 valence electrons. The summed E-state index contributed by atoms with van der Waals surface area (Å²) in [5, 5.41) is 17.7. The van der Waals surface area contributed by atoms with Crippen LogP contribution in [0.3, 0.4) is 0 Å². The molecule has 2 N–H and O–H groups in total. The van der Waals surface area contributed by atoms with Gasteiger partial charge < -0.3 is 27.1 Å². The van der Waals surface area contributed by atoms with Crippen molar-refractivity contribution in [2.75, 3.05) is 33.8 Å². The summed E-state index contributed by atoms with van der Waals surface area (Å²) in [7, 11) is 3.97. The molecule has 0 aliphatic rings. The number of aliphatic hydroxyl groups is 2. The van der Waals surface area contributed by atoms with Crippen molar-refractivity contribution < 1.29 is 27.1 Å². The molecule has 0 aromatic rings. The van der Waals surface area contributed by atoms with Gasteiger partial charge in [-0.1, -0.05) is 6.58 Å². The Balaban J connectivity index is 0. The molecule has 0 bridgehead atoms. The molecule has 0 spiro atoms. The molecular weight excluding hydrogens is 178 g/mol. The SMILES string of the molecule is C=CC[N+](C)(C)CC(O)CO.[Cl-]. The number of rotatable bonds is 5. The standard InChI is InChI=1S/C8H18NO2.ClH/c1-4-5-9(2,3)6-8(11)7-10;/h4,8,10-11H,1,5-7H2,2-3H3;1H/q+1;/p-1. The van der Waals surface area contributed by atoms with Crippen LogP contribution in [-0.4, -0.2) is 54.6 Å². The van der Waals surface area contributed by atoms with Crippen molar-refractivity contribution in [3.63, 3.8) is 0 Å². The number of quaternary nitrogens is 1. The van der Waals surface area contributed by atoms with Gasteiger partial charge in [-0.15, -0.1) is 0 Å². The summed E-state index contributed by atoms with van der Waals surface area (Å²) in [5.41, 5.74) is 0. The summed E-state index contributed by atoms with van der Waals surface area (Å²) >= 11 is 0. The van der Waals surface area contributed by atoms with E-state index in [1.165, 1.54) is 0 Å². The van der Waals surface area contributed by atoms with E-state index in [0.29, 0.717) is 11.0 Å². The van der Waals surface area contributed by atoms with E-state index in [2.05, 4.69) is 6.58 Å². The zero-order valence-corrected chi connectivity index (χ0v) is 8.46. The number of halogens is 1. The first-order chi connectivity index (χ1) is 5.02. The van der Waals surface area contributed by atoms with Gasteiger partial charge in [0.25, 0.3) is 0 Å². The van der Waals surface area contributed by atoms with Gasteiger partial charge in [-0.3, -0.25) is 0 Å². The molecule has 0 aromatic heterocycles. The first-order valence-electron chi connectivity index (χ1n) is 3.73.